The van der Waals surface area contributed by atoms with Crippen LogP contribution in [0.2, 0.25) is 0 Å². The molecule has 3 aromatic rings. The van der Waals surface area contributed by atoms with E-state index in [0.717, 1.165) is 65.2 Å². The molecule has 0 aliphatic carbocycles. The Morgan fingerprint density at radius 2 is 1.88 bits per heavy atom. The number of aryl methyl sites for hydroxylation is 2. The second kappa shape index (κ2) is 10.9. The number of pyridine rings is 1. The third-order valence-electron chi connectivity index (χ3n) is 5.83. The van der Waals surface area contributed by atoms with Gasteiger partial charge in [-0.2, -0.15) is 5.10 Å². The van der Waals surface area contributed by atoms with Gasteiger partial charge < -0.3 is 14.9 Å². The summed E-state index contributed by atoms with van der Waals surface area (Å²) in [6.07, 6.45) is 4.29. The van der Waals surface area contributed by atoms with Gasteiger partial charge in [-0.3, -0.25) is 14.3 Å². The molecule has 0 atom stereocenters. The van der Waals surface area contributed by atoms with E-state index in [-0.39, 0.29) is 12.4 Å². The number of aromatic nitrogens is 3. The minimum atomic E-state index is -0.250. The number of amides is 1. The topological polar surface area (TPSA) is 91.6 Å². The highest BCUT2D eigenvalue weighted by atomic mass is 16.3. The van der Waals surface area contributed by atoms with E-state index in [1.165, 1.54) is 0 Å². The molecule has 174 valence electrons. The summed E-state index contributed by atoms with van der Waals surface area (Å²) in [5.41, 5.74) is 6.05. The number of carbonyl (C=O) groups is 2. The molecular weight excluding hydrogens is 418 g/mol. The first-order valence-corrected chi connectivity index (χ1v) is 11.0. The van der Waals surface area contributed by atoms with Gasteiger partial charge in [-0.05, 0) is 50.2 Å². The first-order valence-electron chi connectivity index (χ1n) is 11.0. The molecule has 4 rings (SSSR count). The van der Waals surface area contributed by atoms with Gasteiger partial charge in [-0.1, -0.05) is 12.1 Å². The van der Waals surface area contributed by atoms with Crippen molar-refractivity contribution in [2.75, 3.05) is 33.2 Å². The third kappa shape index (κ3) is 5.84. The first-order chi connectivity index (χ1) is 15.9. The van der Waals surface area contributed by atoms with Crippen LogP contribution in [0, 0.1) is 13.8 Å². The van der Waals surface area contributed by atoms with Crippen LogP contribution in [0.1, 0.15) is 16.8 Å². The Bertz CT molecular complexity index is 1150. The summed E-state index contributed by atoms with van der Waals surface area (Å²) in [6, 6.07) is 8.28. The van der Waals surface area contributed by atoms with Crippen LogP contribution >= 0.6 is 0 Å². The molecule has 0 saturated carbocycles. The molecular formula is C25H31N5O3. The summed E-state index contributed by atoms with van der Waals surface area (Å²) in [4.78, 5) is 30.2. The zero-order valence-corrected chi connectivity index (χ0v) is 19.5. The fourth-order valence-corrected chi connectivity index (χ4v) is 4.03. The van der Waals surface area contributed by atoms with Crippen molar-refractivity contribution in [1.82, 2.24) is 24.6 Å². The van der Waals surface area contributed by atoms with Crippen LogP contribution in [0.15, 0.2) is 43.1 Å². The van der Waals surface area contributed by atoms with Crippen LogP contribution in [-0.2, 0) is 22.6 Å². The minimum Gasteiger partial charge on any atom is -0.483 e. The Kier molecular flexibility index (Phi) is 7.95. The van der Waals surface area contributed by atoms with Crippen LogP contribution in [-0.4, -0.2) is 75.3 Å². The minimum absolute atomic E-state index is 0.204. The predicted molar refractivity (Wildman–Crippen MR) is 129 cm³/mol. The van der Waals surface area contributed by atoms with E-state index < -0.39 is 0 Å². The number of rotatable bonds is 5. The fraction of sp³-hybridized carbons (Fsp3) is 0.360. The molecule has 1 saturated heterocycles. The number of hydrogen-bond donors (Lipinski definition) is 1. The van der Waals surface area contributed by atoms with Crippen molar-refractivity contribution in [1.29, 1.82) is 0 Å². The largest absolute Gasteiger partial charge is 0.483 e. The van der Waals surface area contributed by atoms with Gasteiger partial charge in [0.25, 0.3) is 6.47 Å². The van der Waals surface area contributed by atoms with Crippen LogP contribution in [0.4, 0.5) is 0 Å². The average molecular weight is 450 g/mol. The molecule has 2 aromatic heterocycles. The molecule has 8 nitrogen and oxygen atoms in total. The quantitative estimate of drug-likeness (QED) is 0.476. The van der Waals surface area contributed by atoms with Crippen molar-refractivity contribution in [3.8, 4) is 11.3 Å². The SMILES string of the molecule is C=CCn1cc(-c2cc(C)c3cc(CC(=O)N4CCN(C)CC4)ccc3n2)c(C)n1.O=CO. The molecule has 1 aromatic carbocycles. The number of nitrogens with zero attached hydrogens (tertiary/aromatic N) is 5. The number of likely N-dealkylation sites (N-methyl/N-ethyl adjacent to an activating group) is 1. The van der Waals surface area contributed by atoms with E-state index in [9.17, 15) is 4.79 Å². The van der Waals surface area contributed by atoms with E-state index >= 15 is 0 Å². The van der Waals surface area contributed by atoms with Gasteiger partial charge >= 0.3 is 0 Å². The van der Waals surface area contributed by atoms with E-state index in [1.54, 1.807) is 0 Å². The number of allylic oxidation sites excluding steroid dienone is 1. The summed E-state index contributed by atoms with van der Waals surface area (Å²) in [5, 5.41) is 12.5. The molecule has 33 heavy (non-hydrogen) atoms. The van der Waals surface area contributed by atoms with Crippen LogP contribution in [0.3, 0.4) is 0 Å². The second-order valence-corrected chi connectivity index (χ2v) is 8.28. The standard InChI is InChI=1S/C24H29N5O.CH2O2/c1-5-8-29-16-21(18(3)26-29)23-13-17(2)20-14-19(6-7-22(20)25-23)15-24(30)28-11-9-27(4)10-12-28;2-1-3/h5-7,13-14,16H,1,8-12,15H2,2-4H3;1H,(H,2,3). The zero-order valence-electron chi connectivity index (χ0n) is 19.5. The highest BCUT2D eigenvalue weighted by Gasteiger charge is 2.19. The molecule has 0 radical (unpaired) electrons. The van der Waals surface area contributed by atoms with Gasteiger partial charge in [0.1, 0.15) is 0 Å². The maximum Gasteiger partial charge on any atom is 0.290 e. The number of carboxylic acid groups (broad SMARTS) is 1. The van der Waals surface area contributed by atoms with Gasteiger partial charge in [0.15, 0.2) is 0 Å². The molecule has 1 fully saturated rings. The van der Waals surface area contributed by atoms with Gasteiger partial charge in [0.2, 0.25) is 5.91 Å². The molecule has 1 N–H and O–H groups in total. The van der Waals surface area contributed by atoms with Crippen molar-refractivity contribution < 1.29 is 14.7 Å². The normalized spacial score (nSPS) is 14.0. The zero-order chi connectivity index (χ0) is 24.0. The molecule has 1 aliphatic rings. The number of piperazine rings is 1. The van der Waals surface area contributed by atoms with Gasteiger partial charge in [0.05, 0.1) is 29.9 Å². The monoisotopic (exact) mass is 449 g/mol. The van der Waals surface area contributed by atoms with E-state index in [4.69, 9.17) is 14.9 Å². The molecule has 1 aliphatic heterocycles. The van der Waals surface area contributed by atoms with Crippen LogP contribution in [0.25, 0.3) is 22.2 Å². The Labute approximate surface area is 194 Å². The lowest BCUT2D eigenvalue weighted by Crippen LogP contribution is -2.47. The van der Waals surface area contributed by atoms with E-state index in [0.29, 0.717) is 13.0 Å². The maximum atomic E-state index is 12.7. The highest BCUT2D eigenvalue weighted by Crippen LogP contribution is 2.27. The van der Waals surface area contributed by atoms with Crippen molar-refractivity contribution in [3.63, 3.8) is 0 Å². The van der Waals surface area contributed by atoms with Crippen molar-refractivity contribution in [3.05, 3.63) is 59.9 Å². The van der Waals surface area contributed by atoms with Crippen LogP contribution in [0.5, 0.6) is 0 Å². The Morgan fingerprint density at radius 3 is 2.55 bits per heavy atom. The lowest BCUT2D eigenvalue weighted by Gasteiger charge is -2.32. The van der Waals surface area contributed by atoms with Crippen molar-refractivity contribution >= 4 is 23.3 Å². The molecule has 3 heterocycles. The van der Waals surface area contributed by atoms with E-state index in [1.807, 2.05) is 40.9 Å². The summed E-state index contributed by atoms with van der Waals surface area (Å²) in [6.45, 7) is 11.8. The van der Waals surface area contributed by atoms with Gasteiger partial charge in [0, 0.05) is 43.3 Å². The predicted octanol–water partition coefficient (Wildman–Crippen LogP) is 2.92. The molecule has 8 heteroatoms. The van der Waals surface area contributed by atoms with Gasteiger partial charge in [-0.25, -0.2) is 4.98 Å². The lowest BCUT2D eigenvalue weighted by molar-refractivity contribution is -0.132. The number of fused-ring (bicyclic) bond motifs is 1. The van der Waals surface area contributed by atoms with Crippen LogP contribution < -0.4 is 0 Å². The smallest absolute Gasteiger partial charge is 0.290 e. The summed E-state index contributed by atoms with van der Waals surface area (Å²) in [5.74, 6) is 0.204. The summed E-state index contributed by atoms with van der Waals surface area (Å²) < 4.78 is 1.88. The summed E-state index contributed by atoms with van der Waals surface area (Å²) >= 11 is 0. The first kappa shape index (κ1) is 24.1. The Hall–Kier alpha value is -3.52. The third-order valence-corrected chi connectivity index (χ3v) is 5.83. The molecule has 0 bridgehead atoms. The molecule has 0 unspecified atom stereocenters. The Morgan fingerprint density at radius 1 is 1.18 bits per heavy atom. The highest BCUT2D eigenvalue weighted by molar-refractivity contribution is 5.87. The average Bonchev–Trinajstić information content (AvgIpc) is 3.15. The lowest BCUT2D eigenvalue weighted by atomic mass is 10.0. The van der Waals surface area contributed by atoms with Crippen molar-refractivity contribution in [2.24, 2.45) is 0 Å². The molecule has 0 spiro atoms. The second-order valence-electron chi connectivity index (χ2n) is 8.28. The van der Waals surface area contributed by atoms with E-state index in [2.05, 4.69) is 42.7 Å². The maximum absolute atomic E-state index is 12.7. The number of carbonyl (C=O) groups excluding carboxylic acids is 1. The summed E-state index contributed by atoms with van der Waals surface area (Å²) in [7, 11) is 2.10. The Balaban J connectivity index is 0.000000968. The fourth-order valence-electron chi connectivity index (χ4n) is 4.03. The van der Waals surface area contributed by atoms with Gasteiger partial charge in [-0.15, -0.1) is 6.58 Å². The number of benzene rings is 1. The van der Waals surface area contributed by atoms with Crippen molar-refractivity contribution in [2.45, 2.75) is 26.8 Å². The number of hydrogen-bond acceptors (Lipinski definition) is 5. The molecule has 1 amide bonds.